The lowest BCUT2D eigenvalue weighted by atomic mass is 9.83. The molecule has 2 unspecified atom stereocenters. The van der Waals surface area contributed by atoms with Gasteiger partial charge in [-0.1, -0.05) is 13.3 Å². The van der Waals surface area contributed by atoms with Gasteiger partial charge >= 0.3 is 5.97 Å². The number of carboxylic acids is 1. The first kappa shape index (κ1) is 11.5. The predicted octanol–water partition coefficient (Wildman–Crippen LogP) is 1.97. The van der Waals surface area contributed by atoms with E-state index in [9.17, 15) is 4.79 Å². The molecular weight excluding hydrogens is 178 g/mol. The molecule has 0 spiro atoms. The lowest BCUT2D eigenvalue weighted by molar-refractivity contribution is -0.138. The van der Waals surface area contributed by atoms with Crippen molar-refractivity contribution in [1.82, 2.24) is 4.90 Å². The van der Waals surface area contributed by atoms with Gasteiger partial charge in [0.15, 0.2) is 0 Å². The Hall–Kier alpha value is -0.570. The van der Waals surface area contributed by atoms with Gasteiger partial charge in [-0.3, -0.25) is 4.79 Å². The zero-order valence-corrected chi connectivity index (χ0v) is 9.20. The van der Waals surface area contributed by atoms with Gasteiger partial charge in [0.2, 0.25) is 0 Å². The fourth-order valence-corrected chi connectivity index (χ4v) is 2.35. The van der Waals surface area contributed by atoms with Gasteiger partial charge in [-0.05, 0) is 38.8 Å². The fraction of sp³-hybridized carbons (Fsp3) is 0.909. The predicted molar refractivity (Wildman–Crippen MR) is 56.3 cm³/mol. The van der Waals surface area contributed by atoms with E-state index < -0.39 is 5.97 Å². The zero-order valence-electron chi connectivity index (χ0n) is 9.20. The first-order valence-electron chi connectivity index (χ1n) is 5.55. The number of carbonyl (C=O) groups is 1. The summed E-state index contributed by atoms with van der Waals surface area (Å²) in [6, 6.07) is 0.609. The maximum atomic E-state index is 10.6. The number of nitrogens with zero attached hydrogens (tertiary/aromatic N) is 1. The lowest BCUT2D eigenvalue weighted by Gasteiger charge is -2.34. The van der Waals surface area contributed by atoms with Crippen molar-refractivity contribution in [3.8, 4) is 0 Å². The molecule has 3 heteroatoms. The molecule has 0 heterocycles. The highest BCUT2D eigenvalue weighted by Gasteiger charge is 2.25. The largest absolute Gasteiger partial charge is 0.481 e. The summed E-state index contributed by atoms with van der Waals surface area (Å²) in [4.78, 5) is 12.9. The van der Waals surface area contributed by atoms with Gasteiger partial charge in [0, 0.05) is 12.5 Å². The molecule has 14 heavy (non-hydrogen) atoms. The van der Waals surface area contributed by atoms with Gasteiger partial charge in [-0.2, -0.15) is 0 Å². The molecule has 0 saturated heterocycles. The quantitative estimate of drug-likeness (QED) is 0.752. The summed E-state index contributed by atoms with van der Waals surface area (Å²) < 4.78 is 0. The highest BCUT2D eigenvalue weighted by Crippen LogP contribution is 2.29. The van der Waals surface area contributed by atoms with Gasteiger partial charge in [-0.25, -0.2) is 0 Å². The van der Waals surface area contributed by atoms with Crippen LogP contribution in [0.25, 0.3) is 0 Å². The van der Waals surface area contributed by atoms with Gasteiger partial charge in [0.05, 0.1) is 0 Å². The molecule has 0 amide bonds. The first-order chi connectivity index (χ1) is 6.63. The second-order valence-electron chi connectivity index (χ2n) is 4.36. The number of aliphatic carboxylic acids is 1. The van der Waals surface area contributed by atoms with E-state index in [1.54, 1.807) is 0 Å². The van der Waals surface area contributed by atoms with Crippen molar-refractivity contribution in [3.05, 3.63) is 0 Å². The van der Waals surface area contributed by atoms with Crippen molar-refractivity contribution in [2.75, 3.05) is 13.6 Å². The first-order valence-corrected chi connectivity index (χ1v) is 5.55. The van der Waals surface area contributed by atoms with Crippen LogP contribution < -0.4 is 0 Å². The molecule has 1 aliphatic rings. The van der Waals surface area contributed by atoms with Crippen LogP contribution in [0.15, 0.2) is 0 Å². The Morgan fingerprint density at radius 3 is 2.79 bits per heavy atom. The molecule has 0 aromatic carbocycles. The van der Waals surface area contributed by atoms with Gasteiger partial charge in [-0.15, -0.1) is 0 Å². The fourth-order valence-electron chi connectivity index (χ4n) is 2.35. The van der Waals surface area contributed by atoms with Crippen LogP contribution >= 0.6 is 0 Å². The van der Waals surface area contributed by atoms with Gasteiger partial charge in [0.25, 0.3) is 0 Å². The summed E-state index contributed by atoms with van der Waals surface area (Å²) in [6.07, 6.45) is 4.94. The average molecular weight is 199 g/mol. The maximum Gasteiger partial charge on any atom is 0.303 e. The van der Waals surface area contributed by atoms with Crippen molar-refractivity contribution < 1.29 is 9.90 Å². The molecule has 0 radical (unpaired) electrons. The molecule has 2 atom stereocenters. The second kappa shape index (κ2) is 5.35. The molecule has 1 N–H and O–H groups in total. The Morgan fingerprint density at radius 1 is 1.50 bits per heavy atom. The maximum absolute atomic E-state index is 10.6. The third-order valence-corrected chi connectivity index (χ3v) is 3.34. The Labute approximate surface area is 86.1 Å². The van der Waals surface area contributed by atoms with Crippen LogP contribution in [-0.4, -0.2) is 35.6 Å². The van der Waals surface area contributed by atoms with E-state index in [2.05, 4.69) is 18.9 Å². The molecule has 0 bridgehead atoms. The molecule has 1 fully saturated rings. The Balaban J connectivity index is 2.39. The molecule has 0 aromatic rings. The molecular formula is C11H21NO2. The van der Waals surface area contributed by atoms with Crippen LogP contribution in [0.2, 0.25) is 0 Å². The summed E-state index contributed by atoms with van der Waals surface area (Å²) in [5.74, 6) is -0.241. The van der Waals surface area contributed by atoms with E-state index >= 15 is 0 Å². The number of hydrogen-bond donors (Lipinski definition) is 1. The molecule has 1 rings (SSSR count). The highest BCUT2D eigenvalue weighted by atomic mass is 16.4. The van der Waals surface area contributed by atoms with Crippen molar-refractivity contribution in [2.45, 2.75) is 45.1 Å². The number of hydrogen-bond acceptors (Lipinski definition) is 2. The van der Waals surface area contributed by atoms with E-state index in [1.807, 2.05) is 0 Å². The minimum atomic E-state index is -0.644. The third-order valence-electron chi connectivity index (χ3n) is 3.34. The van der Waals surface area contributed by atoms with Gasteiger partial charge < -0.3 is 10.0 Å². The van der Waals surface area contributed by atoms with Crippen molar-refractivity contribution in [1.29, 1.82) is 0 Å². The van der Waals surface area contributed by atoms with Gasteiger partial charge in [0.1, 0.15) is 0 Å². The normalized spacial score (nSPS) is 27.9. The third kappa shape index (κ3) is 3.29. The summed E-state index contributed by atoms with van der Waals surface area (Å²) in [5, 5.41) is 8.73. The van der Waals surface area contributed by atoms with Crippen molar-refractivity contribution in [3.63, 3.8) is 0 Å². The lowest BCUT2D eigenvalue weighted by Crippen LogP contribution is -2.36. The monoisotopic (exact) mass is 199 g/mol. The van der Waals surface area contributed by atoms with Crippen LogP contribution in [-0.2, 0) is 4.79 Å². The minimum absolute atomic E-state index is 0.355. The summed E-state index contributed by atoms with van der Waals surface area (Å²) in [5.41, 5.74) is 0. The topological polar surface area (TPSA) is 40.5 Å². The SMILES string of the molecule is CCN(C)C1CCCC(CC(=O)O)C1. The van der Waals surface area contributed by atoms with E-state index in [1.165, 1.54) is 12.8 Å². The van der Waals surface area contributed by atoms with Crippen molar-refractivity contribution in [2.24, 2.45) is 5.92 Å². The Bertz CT molecular complexity index is 194. The van der Waals surface area contributed by atoms with Crippen LogP contribution in [0.5, 0.6) is 0 Å². The van der Waals surface area contributed by atoms with Crippen LogP contribution in [0.1, 0.15) is 39.0 Å². The Morgan fingerprint density at radius 2 is 2.21 bits per heavy atom. The summed E-state index contributed by atoms with van der Waals surface area (Å²) >= 11 is 0. The molecule has 82 valence electrons. The zero-order chi connectivity index (χ0) is 10.6. The molecule has 0 aromatic heterocycles. The van der Waals surface area contributed by atoms with E-state index in [0.29, 0.717) is 18.4 Å². The van der Waals surface area contributed by atoms with E-state index in [4.69, 9.17) is 5.11 Å². The van der Waals surface area contributed by atoms with E-state index in [-0.39, 0.29) is 0 Å². The number of carboxylic acid groups (broad SMARTS) is 1. The molecule has 3 nitrogen and oxygen atoms in total. The molecule has 1 aliphatic carbocycles. The van der Waals surface area contributed by atoms with Crippen LogP contribution in [0.4, 0.5) is 0 Å². The summed E-state index contributed by atoms with van der Waals surface area (Å²) in [6.45, 7) is 3.21. The van der Waals surface area contributed by atoms with E-state index in [0.717, 1.165) is 19.4 Å². The van der Waals surface area contributed by atoms with Crippen LogP contribution in [0, 0.1) is 5.92 Å². The second-order valence-corrected chi connectivity index (χ2v) is 4.36. The summed E-state index contributed by atoms with van der Waals surface area (Å²) in [7, 11) is 2.13. The Kier molecular flexibility index (Phi) is 4.39. The average Bonchev–Trinajstić information content (AvgIpc) is 2.16. The molecule has 0 aliphatic heterocycles. The minimum Gasteiger partial charge on any atom is -0.481 e. The highest BCUT2D eigenvalue weighted by molar-refractivity contribution is 5.67. The van der Waals surface area contributed by atoms with Crippen molar-refractivity contribution >= 4 is 5.97 Å². The van der Waals surface area contributed by atoms with Crippen LogP contribution in [0.3, 0.4) is 0 Å². The number of rotatable bonds is 4. The standard InChI is InChI=1S/C11H21NO2/c1-3-12(2)10-6-4-5-9(7-10)8-11(13)14/h9-10H,3-8H2,1-2H3,(H,13,14). The molecule has 1 saturated carbocycles. The smallest absolute Gasteiger partial charge is 0.303 e.